The summed E-state index contributed by atoms with van der Waals surface area (Å²) in [6.07, 6.45) is 7.93. The van der Waals surface area contributed by atoms with Crippen molar-refractivity contribution in [3.63, 3.8) is 0 Å². The third-order valence-corrected chi connectivity index (χ3v) is 7.41. The molecule has 0 aliphatic carbocycles. The zero-order valence-electron chi connectivity index (χ0n) is 25.1. The third-order valence-electron chi connectivity index (χ3n) is 7.41. The Morgan fingerprint density at radius 3 is 1.69 bits per heavy atom. The number of aliphatic hydroxyl groups excluding tert-OH is 2. The fourth-order valence-electron chi connectivity index (χ4n) is 4.76. The molecule has 0 amide bonds. The van der Waals surface area contributed by atoms with E-state index in [9.17, 15) is 10.2 Å². The molecule has 2 N–H and O–H groups in total. The van der Waals surface area contributed by atoms with E-state index in [1.165, 1.54) is 38.5 Å². The molecule has 0 bridgehead atoms. The molecular weight excluding hydrogens is 492 g/mol. The summed E-state index contributed by atoms with van der Waals surface area (Å²) >= 11 is 0. The van der Waals surface area contributed by atoms with Gasteiger partial charge in [0.1, 0.15) is 36.9 Å². The molecule has 0 heterocycles. The molecule has 6 heteroatoms. The number of aliphatic hydroxyl groups is 2. The first kappa shape index (κ1) is 33.3. The predicted octanol–water partition coefficient (Wildman–Crippen LogP) is 7.09. The van der Waals surface area contributed by atoms with Crippen molar-refractivity contribution in [2.24, 2.45) is 11.8 Å². The summed E-state index contributed by atoms with van der Waals surface area (Å²) in [6, 6.07) is 9.84. The zero-order valence-corrected chi connectivity index (χ0v) is 25.1. The van der Waals surface area contributed by atoms with Gasteiger partial charge < -0.3 is 29.2 Å². The van der Waals surface area contributed by atoms with Crippen molar-refractivity contribution in [2.75, 3.05) is 39.6 Å². The highest BCUT2D eigenvalue weighted by molar-refractivity contribution is 5.94. The standard InChI is InChI=1S/C33H54O6/c1-6-10-14-26(8-3)19-36-21-28(34)23-38-32-18-25(5)33(31-17-13-12-16-30(31)32)39-24-29(35)22-37-20-27(9-4)15-11-7-2/h12-13,16-18,26-29,34-35H,6-11,14-15,19-24H2,1-5H3. The van der Waals surface area contributed by atoms with Crippen molar-refractivity contribution in [1.82, 2.24) is 0 Å². The predicted molar refractivity (Wildman–Crippen MR) is 160 cm³/mol. The lowest BCUT2D eigenvalue weighted by Gasteiger charge is -2.20. The maximum atomic E-state index is 10.5. The topological polar surface area (TPSA) is 77.4 Å². The number of ether oxygens (including phenoxy) is 4. The number of benzene rings is 2. The van der Waals surface area contributed by atoms with Crippen LogP contribution < -0.4 is 9.47 Å². The second-order valence-corrected chi connectivity index (χ2v) is 10.9. The van der Waals surface area contributed by atoms with Crippen molar-refractivity contribution in [3.8, 4) is 11.5 Å². The minimum atomic E-state index is -0.702. The quantitative estimate of drug-likeness (QED) is 0.164. The second kappa shape index (κ2) is 19.3. The van der Waals surface area contributed by atoms with Gasteiger partial charge in [-0.3, -0.25) is 0 Å². The van der Waals surface area contributed by atoms with Crippen molar-refractivity contribution in [2.45, 2.75) is 98.2 Å². The first-order valence-corrected chi connectivity index (χ1v) is 15.2. The lowest BCUT2D eigenvalue weighted by atomic mass is 10.0. The number of fused-ring (bicyclic) bond motifs is 1. The largest absolute Gasteiger partial charge is 0.490 e. The molecule has 222 valence electrons. The number of rotatable bonds is 22. The van der Waals surface area contributed by atoms with Gasteiger partial charge in [-0.1, -0.05) is 90.5 Å². The molecule has 0 spiro atoms. The fraction of sp³-hybridized carbons (Fsp3) is 0.697. The highest BCUT2D eigenvalue weighted by Gasteiger charge is 2.16. The van der Waals surface area contributed by atoms with Crippen LogP contribution in [0.4, 0.5) is 0 Å². The molecule has 0 radical (unpaired) electrons. The Morgan fingerprint density at radius 2 is 1.18 bits per heavy atom. The molecule has 39 heavy (non-hydrogen) atoms. The maximum absolute atomic E-state index is 10.5. The molecule has 6 nitrogen and oxygen atoms in total. The van der Waals surface area contributed by atoms with Crippen LogP contribution in [0.1, 0.15) is 84.6 Å². The maximum Gasteiger partial charge on any atom is 0.130 e. The third kappa shape index (κ3) is 12.0. The summed E-state index contributed by atoms with van der Waals surface area (Å²) in [7, 11) is 0. The number of hydrogen-bond donors (Lipinski definition) is 2. The van der Waals surface area contributed by atoms with E-state index in [1.54, 1.807) is 0 Å². The van der Waals surface area contributed by atoms with Crippen LogP contribution in [0, 0.1) is 18.8 Å². The molecule has 2 aromatic rings. The molecular formula is C33H54O6. The van der Waals surface area contributed by atoms with E-state index in [2.05, 4.69) is 27.7 Å². The number of hydrogen-bond acceptors (Lipinski definition) is 6. The summed E-state index contributed by atoms with van der Waals surface area (Å²) in [6.45, 7) is 12.9. The Bertz CT molecular complexity index is 916. The molecule has 4 unspecified atom stereocenters. The SMILES string of the molecule is CCCCC(CC)COCC(O)COc1cc(C)c(OCC(O)COCC(CC)CCCC)c2ccccc12. The van der Waals surface area contributed by atoms with Crippen molar-refractivity contribution >= 4 is 10.8 Å². The molecule has 0 aliphatic heterocycles. The van der Waals surface area contributed by atoms with E-state index in [-0.39, 0.29) is 26.4 Å². The molecule has 2 rings (SSSR count). The molecule has 2 aromatic carbocycles. The molecule has 0 aromatic heterocycles. The van der Waals surface area contributed by atoms with Crippen LogP contribution in [0.3, 0.4) is 0 Å². The van der Waals surface area contributed by atoms with Gasteiger partial charge in [0.25, 0.3) is 0 Å². The Morgan fingerprint density at radius 1 is 0.667 bits per heavy atom. The Balaban J connectivity index is 1.90. The summed E-state index contributed by atoms with van der Waals surface area (Å²) < 4.78 is 23.8. The van der Waals surface area contributed by atoms with Gasteiger partial charge in [-0.25, -0.2) is 0 Å². The highest BCUT2D eigenvalue weighted by atomic mass is 16.5. The van der Waals surface area contributed by atoms with Crippen LogP contribution in [0.25, 0.3) is 10.8 Å². The van der Waals surface area contributed by atoms with Gasteiger partial charge >= 0.3 is 0 Å². The van der Waals surface area contributed by atoms with Gasteiger partial charge in [-0.05, 0) is 43.2 Å². The Labute approximate surface area is 237 Å². The van der Waals surface area contributed by atoms with Crippen LogP contribution in [-0.4, -0.2) is 62.1 Å². The van der Waals surface area contributed by atoms with Gasteiger partial charge in [-0.15, -0.1) is 0 Å². The summed E-state index contributed by atoms with van der Waals surface area (Å²) in [5.41, 5.74) is 0.912. The average molecular weight is 547 g/mol. The lowest BCUT2D eigenvalue weighted by Crippen LogP contribution is -2.25. The second-order valence-electron chi connectivity index (χ2n) is 10.9. The summed E-state index contributed by atoms with van der Waals surface area (Å²) in [5.74, 6) is 2.51. The monoisotopic (exact) mass is 546 g/mol. The molecule has 0 aliphatic rings. The first-order chi connectivity index (χ1) is 18.9. The van der Waals surface area contributed by atoms with Gasteiger partial charge in [-0.2, -0.15) is 0 Å². The van der Waals surface area contributed by atoms with E-state index < -0.39 is 12.2 Å². The van der Waals surface area contributed by atoms with Gasteiger partial charge in [0.05, 0.1) is 13.2 Å². The van der Waals surface area contributed by atoms with Crippen molar-refractivity contribution in [3.05, 3.63) is 35.9 Å². The molecule has 0 saturated carbocycles. The number of aryl methyl sites for hydroxylation is 1. The van der Waals surface area contributed by atoms with Crippen LogP contribution in [-0.2, 0) is 9.47 Å². The number of unbranched alkanes of at least 4 members (excludes halogenated alkanes) is 2. The summed E-state index contributed by atoms with van der Waals surface area (Å²) in [4.78, 5) is 0. The van der Waals surface area contributed by atoms with E-state index >= 15 is 0 Å². The van der Waals surface area contributed by atoms with Gasteiger partial charge in [0, 0.05) is 24.0 Å². The normalized spacial score (nSPS) is 14.7. The Hall–Kier alpha value is -1.86. The molecule has 4 atom stereocenters. The summed E-state index contributed by atoms with van der Waals surface area (Å²) in [5, 5.41) is 22.8. The zero-order chi connectivity index (χ0) is 28.5. The minimum Gasteiger partial charge on any atom is -0.490 e. The molecule has 0 saturated heterocycles. The van der Waals surface area contributed by atoms with Crippen LogP contribution in [0.15, 0.2) is 30.3 Å². The Kier molecular flexibility index (Phi) is 16.5. The average Bonchev–Trinajstić information content (AvgIpc) is 2.94. The van der Waals surface area contributed by atoms with Crippen molar-refractivity contribution in [1.29, 1.82) is 0 Å². The van der Waals surface area contributed by atoms with Crippen LogP contribution in [0.2, 0.25) is 0 Å². The highest BCUT2D eigenvalue weighted by Crippen LogP contribution is 2.36. The lowest BCUT2D eigenvalue weighted by molar-refractivity contribution is -0.00138. The molecule has 0 fully saturated rings. The van der Waals surface area contributed by atoms with E-state index in [0.717, 1.165) is 34.9 Å². The first-order valence-electron chi connectivity index (χ1n) is 15.2. The smallest absolute Gasteiger partial charge is 0.130 e. The van der Waals surface area contributed by atoms with Crippen molar-refractivity contribution < 1.29 is 29.2 Å². The van der Waals surface area contributed by atoms with E-state index in [4.69, 9.17) is 18.9 Å². The van der Waals surface area contributed by atoms with Crippen LogP contribution in [0.5, 0.6) is 11.5 Å². The minimum absolute atomic E-state index is 0.155. The van der Waals surface area contributed by atoms with E-state index in [1.807, 2.05) is 37.3 Å². The van der Waals surface area contributed by atoms with E-state index in [0.29, 0.717) is 30.8 Å². The van der Waals surface area contributed by atoms with Crippen LogP contribution >= 0.6 is 0 Å². The van der Waals surface area contributed by atoms with Gasteiger partial charge in [0.2, 0.25) is 0 Å². The fourth-order valence-corrected chi connectivity index (χ4v) is 4.76. The van der Waals surface area contributed by atoms with Gasteiger partial charge in [0.15, 0.2) is 0 Å².